The number of quaternary nitrogens is 1. The van der Waals surface area contributed by atoms with Crippen molar-refractivity contribution >= 4 is 0 Å². The van der Waals surface area contributed by atoms with E-state index < -0.39 is 17.2 Å². The van der Waals surface area contributed by atoms with Gasteiger partial charge in [0.2, 0.25) is 0 Å². The van der Waals surface area contributed by atoms with Crippen molar-refractivity contribution in [1.29, 1.82) is 5.26 Å². The van der Waals surface area contributed by atoms with E-state index in [0.717, 1.165) is 12.1 Å². The highest BCUT2D eigenvalue weighted by Crippen LogP contribution is 2.24. The van der Waals surface area contributed by atoms with Crippen LogP contribution in [0.4, 0.5) is 8.78 Å². The molecule has 1 aromatic rings. The summed E-state index contributed by atoms with van der Waals surface area (Å²) in [5.41, 5.74) is 3.23. The third kappa shape index (κ3) is 3.33. The van der Waals surface area contributed by atoms with Crippen molar-refractivity contribution in [2.75, 3.05) is 6.61 Å². The Balaban J connectivity index is 0.00000225. The van der Waals surface area contributed by atoms with Gasteiger partial charge in [0.25, 0.3) is 0 Å². The van der Waals surface area contributed by atoms with Crippen LogP contribution in [0.5, 0.6) is 5.75 Å². The molecule has 0 spiro atoms. The standard InChI is InChI=1S/C10H10F2N2O.ClH/c1-6(14)5-15-10-7(4-13)8(11)2-3-9(10)12;/h2-3,6H,5,14H2,1H3;1H. The quantitative estimate of drug-likeness (QED) is 0.663. The van der Waals surface area contributed by atoms with E-state index in [1.807, 2.05) is 0 Å². The van der Waals surface area contributed by atoms with Crippen molar-refractivity contribution in [1.82, 2.24) is 0 Å². The van der Waals surface area contributed by atoms with Crippen LogP contribution in [0.3, 0.4) is 0 Å². The van der Waals surface area contributed by atoms with E-state index in [0.29, 0.717) is 0 Å². The molecule has 1 unspecified atom stereocenters. The third-order valence-corrected chi connectivity index (χ3v) is 1.68. The molecule has 0 fully saturated rings. The number of hydrogen-bond donors (Lipinski definition) is 1. The van der Waals surface area contributed by atoms with Gasteiger partial charge < -0.3 is 22.9 Å². The lowest BCUT2D eigenvalue weighted by molar-refractivity contribution is -0.417. The van der Waals surface area contributed by atoms with Crippen LogP contribution >= 0.6 is 0 Å². The van der Waals surface area contributed by atoms with E-state index in [2.05, 4.69) is 5.73 Å². The monoisotopic (exact) mass is 248 g/mol. The zero-order valence-corrected chi connectivity index (χ0v) is 9.39. The van der Waals surface area contributed by atoms with E-state index in [4.69, 9.17) is 10.00 Å². The predicted octanol–water partition coefficient (Wildman–Crippen LogP) is -2.15. The average molecular weight is 249 g/mol. The molecular weight excluding hydrogens is 238 g/mol. The molecular formula is C10H11ClF2N2O. The van der Waals surface area contributed by atoms with Gasteiger partial charge >= 0.3 is 0 Å². The Kier molecular flexibility index (Phi) is 5.72. The van der Waals surface area contributed by atoms with Gasteiger partial charge in [0, 0.05) is 0 Å². The third-order valence-electron chi connectivity index (χ3n) is 1.68. The van der Waals surface area contributed by atoms with Crippen molar-refractivity contribution < 1.29 is 31.7 Å². The van der Waals surface area contributed by atoms with Gasteiger partial charge in [0.1, 0.15) is 30.1 Å². The average Bonchev–Trinajstić information content (AvgIpc) is 2.19. The first-order valence-electron chi connectivity index (χ1n) is 4.40. The van der Waals surface area contributed by atoms with E-state index in [1.54, 1.807) is 13.0 Å². The molecule has 0 radical (unpaired) electrons. The van der Waals surface area contributed by atoms with Crippen LogP contribution in [0.25, 0.3) is 0 Å². The highest BCUT2D eigenvalue weighted by atomic mass is 35.5. The fourth-order valence-corrected chi connectivity index (χ4v) is 1.00. The molecule has 16 heavy (non-hydrogen) atoms. The summed E-state index contributed by atoms with van der Waals surface area (Å²) in [4.78, 5) is 0. The summed E-state index contributed by atoms with van der Waals surface area (Å²) in [5, 5.41) is 8.64. The lowest BCUT2D eigenvalue weighted by Crippen LogP contribution is -3.00. The maximum atomic E-state index is 13.2. The van der Waals surface area contributed by atoms with Crippen LogP contribution in [0.2, 0.25) is 0 Å². The number of hydrogen-bond acceptors (Lipinski definition) is 2. The number of nitriles is 1. The first-order valence-corrected chi connectivity index (χ1v) is 4.40. The Morgan fingerprint density at radius 3 is 2.50 bits per heavy atom. The molecule has 0 aromatic heterocycles. The van der Waals surface area contributed by atoms with Crippen molar-refractivity contribution in [2.45, 2.75) is 13.0 Å². The number of nitrogens with zero attached hydrogens (tertiary/aromatic N) is 1. The second kappa shape index (κ2) is 6.26. The van der Waals surface area contributed by atoms with Crippen molar-refractivity contribution in [3.63, 3.8) is 0 Å². The fourth-order valence-electron chi connectivity index (χ4n) is 1.00. The SMILES string of the molecule is CC([NH3+])COc1c(F)ccc(F)c1C#N.[Cl-]. The summed E-state index contributed by atoms with van der Waals surface area (Å²) in [7, 11) is 0. The van der Waals surface area contributed by atoms with Crippen LogP contribution < -0.4 is 22.9 Å². The normalized spacial score (nSPS) is 11.2. The lowest BCUT2D eigenvalue weighted by Gasteiger charge is -2.09. The van der Waals surface area contributed by atoms with E-state index >= 15 is 0 Å². The Bertz CT molecular complexity index is 405. The largest absolute Gasteiger partial charge is 1.00 e. The van der Waals surface area contributed by atoms with Crippen LogP contribution in [-0.4, -0.2) is 12.6 Å². The minimum Gasteiger partial charge on any atom is -1.00 e. The van der Waals surface area contributed by atoms with Gasteiger partial charge in [-0.2, -0.15) is 5.26 Å². The highest BCUT2D eigenvalue weighted by molar-refractivity contribution is 5.44. The van der Waals surface area contributed by atoms with E-state index in [1.165, 1.54) is 0 Å². The molecule has 1 atom stereocenters. The Labute approximate surface area is 98.2 Å². The van der Waals surface area contributed by atoms with Gasteiger partial charge in [0.15, 0.2) is 11.6 Å². The topological polar surface area (TPSA) is 60.7 Å². The molecule has 0 saturated heterocycles. The molecule has 1 rings (SSSR count). The van der Waals surface area contributed by atoms with Crippen LogP contribution in [0.1, 0.15) is 12.5 Å². The zero-order valence-electron chi connectivity index (χ0n) is 8.64. The smallest absolute Gasteiger partial charge is 0.176 e. The molecule has 0 aliphatic carbocycles. The number of rotatable bonds is 3. The van der Waals surface area contributed by atoms with Crippen LogP contribution in [0, 0.1) is 23.0 Å². The summed E-state index contributed by atoms with van der Waals surface area (Å²) in [6.45, 7) is 1.90. The molecule has 0 saturated carbocycles. The summed E-state index contributed by atoms with van der Waals surface area (Å²) in [5.74, 6) is -1.87. The number of benzene rings is 1. The van der Waals surface area contributed by atoms with Gasteiger partial charge in [-0.3, -0.25) is 0 Å². The minimum absolute atomic E-state index is 0. The molecule has 0 aliphatic heterocycles. The number of halogens is 3. The molecule has 0 aliphatic rings. The predicted molar refractivity (Wildman–Crippen MR) is 48.9 cm³/mol. The van der Waals surface area contributed by atoms with Crippen LogP contribution in [0.15, 0.2) is 12.1 Å². The van der Waals surface area contributed by atoms with Crippen LogP contribution in [-0.2, 0) is 0 Å². The summed E-state index contributed by atoms with van der Waals surface area (Å²) < 4.78 is 31.3. The van der Waals surface area contributed by atoms with E-state index in [-0.39, 0.29) is 30.8 Å². The Hall–Kier alpha value is -1.38. The van der Waals surface area contributed by atoms with Gasteiger partial charge in [0.05, 0.1) is 0 Å². The summed E-state index contributed by atoms with van der Waals surface area (Å²) >= 11 is 0. The van der Waals surface area contributed by atoms with Crippen molar-refractivity contribution in [2.24, 2.45) is 0 Å². The molecule has 3 N–H and O–H groups in total. The van der Waals surface area contributed by atoms with Gasteiger partial charge in [-0.1, -0.05) is 0 Å². The van der Waals surface area contributed by atoms with Crippen molar-refractivity contribution in [3.8, 4) is 11.8 Å². The maximum Gasteiger partial charge on any atom is 0.176 e. The Morgan fingerprint density at radius 2 is 2.00 bits per heavy atom. The summed E-state index contributed by atoms with van der Waals surface area (Å²) in [6.07, 6.45) is 0. The number of ether oxygens (including phenoxy) is 1. The van der Waals surface area contributed by atoms with Gasteiger partial charge in [-0.05, 0) is 19.1 Å². The molecule has 0 amide bonds. The molecule has 3 nitrogen and oxygen atoms in total. The molecule has 1 aromatic carbocycles. The van der Waals surface area contributed by atoms with Crippen molar-refractivity contribution in [3.05, 3.63) is 29.3 Å². The van der Waals surface area contributed by atoms with E-state index in [9.17, 15) is 8.78 Å². The maximum absolute atomic E-state index is 13.2. The van der Waals surface area contributed by atoms with Gasteiger partial charge in [-0.15, -0.1) is 0 Å². The molecule has 0 bridgehead atoms. The molecule has 6 heteroatoms. The summed E-state index contributed by atoms with van der Waals surface area (Å²) in [6, 6.07) is 3.32. The highest BCUT2D eigenvalue weighted by Gasteiger charge is 2.15. The first-order chi connectivity index (χ1) is 7.06. The molecule has 0 heterocycles. The minimum atomic E-state index is -0.786. The second-order valence-corrected chi connectivity index (χ2v) is 3.26. The Morgan fingerprint density at radius 1 is 1.44 bits per heavy atom. The van der Waals surface area contributed by atoms with Gasteiger partial charge in [-0.25, -0.2) is 8.78 Å². The lowest BCUT2D eigenvalue weighted by atomic mass is 10.2. The molecule has 88 valence electrons. The zero-order chi connectivity index (χ0) is 11.4. The fraction of sp³-hybridized carbons (Fsp3) is 0.300. The second-order valence-electron chi connectivity index (χ2n) is 3.26. The first kappa shape index (κ1) is 14.6.